The molecule has 0 unspecified atom stereocenters. The summed E-state index contributed by atoms with van der Waals surface area (Å²) in [4.78, 5) is 27.1. The predicted molar refractivity (Wildman–Crippen MR) is 100 cm³/mol. The van der Waals surface area contributed by atoms with Crippen molar-refractivity contribution in [2.24, 2.45) is 4.99 Å². The number of rotatable bonds is 8. The van der Waals surface area contributed by atoms with E-state index in [-0.39, 0.29) is 5.97 Å². The fraction of sp³-hybridized carbons (Fsp3) is 0.250. The Morgan fingerprint density at radius 2 is 1.89 bits per heavy atom. The van der Waals surface area contributed by atoms with Gasteiger partial charge in [-0.05, 0) is 50.2 Å². The van der Waals surface area contributed by atoms with Crippen LogP contribution in [0.4, 0.5) is 5.69 Å². The van der Waals surface area contributed by atoms with E-state index >= 15 is 0 Å². The predicted octanol–water partition coefficient (Wildman–Crippen LogP) is 3.47. The van der Waals surface area contributed by atoms with Gasteiger partial charge >= 0.3 is 11.9 Å². The Bertz CT molecular complexity index is 829. The highest BCUT2D eigenvalue weighted by Crippen LogP contribution is 2.31. The van der Waals surface area contributed by atoms with Gasteiger partial charge in [-0.2, -0.15) is 0 Å². The molecular formula is C20H21NO6. The van der Waals surface area contributed by atoms with E-state index in [4.69, 9.17) is 19.3 Å². The lowest BCUT2D eigenvalue weighted by molar-refractivity contribution is -0.144. The number of carboxylic acid groups (broad SMARTS) is 1. The molecular weight excluding hydrogens is 350 g/mol. The minimum atomic E-state index is -1.08. The molecule has 2 aromatic rings. The van der Waals surface area contributed by atoms with Crippen molar-refractivity contribution in [1.29, 1.82) is 0 Å². The largest absolute Gasteiger partial charge is 0.493 e. The number of carbonyl (C=O) groups is 2. The molecule has 0 aromatic heterocycles. The number of aliphatic imine (C=N–C) groups is 1. The summed E-state index contributed by atoms with van der Waals surface area (Å²) in [5.74, 6) is -0.774. The lowest BCUT2D eigenvalue weighted by Gasteiger charge is -2.15. The first-order valence-corrected chi connectivity index (χ1v) is 8.34. The normalized spacial score (nSPS) is 11.8. The monoisotopic (exact) mass is 371 g/mol. The van der Waals surface area contributed by atoms with Crippen LogP contribution in [0.25, 0.3) is 0 Å². The number of carbonyl (C=O) groups excluding carboxylic acids is 1. The van der Waals surface area contributed by atoms with Crippen molar-refractivity contribution in [2.45, 2.75) is 20.0 Å². The number of ether oxygens (including phenoxy) is 3. The van der Waals surface area contributed by atoms with E-state index < -0.39 is 12.1 Å². The third kappa shape index (κ3) is 5.31. The second kappa shape index (κ2) is 9.38. The van der Waals surface area contributed by atoms with Crippen molar-refractivity contribution in [1.82, 2.24) is 0 Å². The first-order chi connectivity index (χ1) is 13.0. The molecule has 2 aromatic carbocycles. The fourth-order valence-corrected chi connectivity index (χ4v) is 2.19. The summed E-state index contributed by atoms with van der Waals surface area (Å²) in [5.41, 5.74) is 1.62. The smallest absolute Gasteiger partial charge is 0.344 e. The molecule has 7 heteroatoms. The number of benzene rings is 2. The molecule has 7 nitrogen and oxygen atoms in total. The van der Waals surface area contributed by atoms with Gasteiger partial charge in [-0.3, -0.25) is 4.99 Å². The van der Waals surface area contributed by atoms with Crippen molar-refractivity contribution < 1.29 is 28.9 Å². The SMILES string of the molecule is CCOC(=O)c1ccc(N=Cc2cccc(OC)c2O[C@H](C)C(=O)O)cc1. The lowest BCUT2D eigenvalue weighted by atomic mass is 10.2. The summed E-state index contributed by atoms with van der Waals surface area (Å²) in [6.07, 6.45) is 0.503. The number of methoxy groups -OCH3 is 1. The molecule has 1 N–H and O–H groups in total. The number of esters is 1. The maximum Gasteiger partial charge on any atom is 0.344 e. The van der Waals surface area contributed by atoms with E-state index in [2.05, 4.69) is 4.99 Å². The zero-order valence-electron chi connectivity index (χ0n) is 15.3. The van der Waals surface area contributed by atoms with Gasteiger partial charge in [0.1, 0.15) is 0 Å². The molecule has 0 bridgehead atoms. The Labute approximate surface area is 157 Å². The second-order valence-corrected chi connectivity index (χ2v) is 5.50. The molecule has 1 atom stereocenters. The van der Waals surface area contributed by atoms with Crippen molar-refractivity contribution in [3.8, 4) is 11.5 Å². The molecule has 0 saturated carbocycles. The summed E-state index contributed by atoms with van der Waals surface area (Å²) in [7, 11) is 1.47. The Balaban J connectivity index is 2.25. The second-order valence-electron chi connectivity index (χ2n) is 5.50. The third-order valence-electron chi connectivity index (χ3n) is 3.60. The number of para-hydroxylation sites is 1. The molecule has 142 valence electrons. The van der Waals surface area contributed by atoms with Crippen molar-refractivity contribution in [2.75, 3.05) is 13.7 Å². The zero-order chi connectivity index (χ0) is 19.8. The number of hydrogen-bond acceptors (Lipinski definition) is 6. The summed E-state index contributed by atoms with van der Waals surface area (Å²) in [5, 5.41) is 9.08. The van der Waals surface area contributed by atoms with Crippen LogP contribution in [0, 0.1) is 0 Å². The van der Waals surface area contributed by atoms with Gasteiger partial charge in [0.2, 0.25) is 0 Å². The first kappa shape index (κ1) is 20.0. The van der Waals surface area contributed by atoms with Crippen LogP contribution in [-0.4, -0.2) is 43.1 Å². The van der Waals surface area contributed by atoms with E-state index in [1.54, 1.807) is 55.6 Å². The molecule has 0 aliphatic heterocycles. The van der Waals surface area contributed by atoms with E-state index in [9.17, 15) is 9.59 Å². The van der Waals surface area contributed by atoms with Crippen LogP contribution in [0.15, 0.2) is 47.5 Å². The highest BCUT2D eigenvalue weighted by Gasteiger charge is 2.17. The van der Waals surface area contributed by atoms with Crippen LogP contribution in [-0.2, 0) is 9.53 Å². The average molecular weight is 371 g/mol. The van der Waals surface area contributed by atoms with Crippen LogP contribution in [0.2, 0.25) is 0 Å². The number of nitrogens with zero attached hydrogens (tertiary/aromatic N) is 1. The molecule has 0 fully saturated rings. The van der Waals surface area contributed by atoms with Gasteiger partial charge in [0.15, 0.2) is 17.6 Å². The molecule has 0 amide bonds. The Morgan fingerprint density at radius 1 is 1.19 bits per heavy atom. The summed E-state index contributed by atoms with van der Waals surface area (Å²) in [6.45, 7) is 3.49. The molecule has 0 aliphatic carbocycles. The van der Waals surface area contributed by atoms with Crippen LogP contribution < -0.4 is 9.47 Å². The third-order valence-corrected chi connectivity index (χ3v) is 3.60. The van der Waals surface area contributed by atoms with Crippen molar-refractivity contribution in [3.05, 3.63) is 53.6 Å². The lowest BCUT2D eigenvalue weighted by Crippen LogP contribution is -2.23. The molecule has 0 heterocycles. The highest BCUT2D eigenvalue weighted by molar-refractivity contribution is 5.90. The number of carboxylic acids is 1. The van der Waals surface area contributed by atoms with Gasteiger partial charge in [0, 0.05) is 11.8 Å². The van der Waals surface area contributed by atoms with Gasteiger partial charge in [-0.1, -0.05) is 6.07 Å². The minimum absolute atomic E-state index is 0.293. The molecule has 0 saturated heterocycles. The number of aliphatic carboxylic acids is 1. The van der Waals surface area contributed by atoms with E-state index in [0.717, 1.165) is 0 Å². The molecule has 0 radical (unpaired) electrons. The number of hydrogen-bond donors (Lipinski definition) is 1. The summed E-state index contributed by atoms with van der Waals surface area (Å²) < 4.78 is 15.7. The standard InChI is InChI=1S/C20H21NO6/c1-4-26-20(24)14-8-10-16(11-9-14)21-12-15-6-5-7-17(25-3)18(15)27-13(2)19(22)23/h5-13H,4H2,1-3H3,(H,22,23)/t13-/m1/s1. The Kier molecular flexibility index (Phi) is 6.93. The van der Waals surface area contributed by atoms with Crippen LogP contribution in [0.3, 0.4) is 0 Å². The fourth-order valence-electron chi connectivity index (χ4n) is 2.19. The van der Waals surface area contributed by atoms with Gasteiger partial charge < -0.3 is 19.3 Å². The summed E-state index contributed by atoms with van der Waals surface area (Å²) in [6, 6.07) is 11.8. The Hall–Kier alpha value is -3.35. The molecule has 0 aliphatic rings. The first-order valence-electron chi connectivity index (χ1n) is 8.34. The average Bonchev–Trinajstić information content (AvgIpc) is 2.67. The van der Waals surface area contributed by atoms with E-state index in [1.807, 2.05) is 0 Å². The minimum Gasteiger partial charge on any atom is -0.493 e. The van der Waals surface area contributed by atoms with E-state index in [1.165, 1.54) is 14.0 Å². The van der Waals surface area contributed by atoms with E-state index in [0.29, 0.717) is 34.9 Å². The van der Waals surface area contributed by atoms with Crippen molar-refractivity contribution >= 4 is 23.8 Å². The van der Waals surface area contributed by atoms with Gasteiger partial charge in [0.05, 0.1) is 25.0 Å². The van der Waals surface area contributed by atoms with Crippen LogP contribution >= 0.6 is 0 Å². The highest BCUT2D eigenvalue weighted by atomic mass is 16.5. The zero-order valence-corrected chi connectivity index (χ0v) is 15.3. The maximum atomic E-state index is 11.7. The molecule has 2 rings (SSSR count). The van der Waals surface area contributed by atoms with Crippen molar-refractivity contribution in [3.63, 3.8) is 0 Å². The molecule has 27 heavy (non-hydrogen) atoms. The van der Waals surface area contributed by atoms with Gasteiger partial charge in [0.25, 0.3) is 0 Å². The Morgan fingerprint density at radius 3 is 2.48 bits per heavy atom. The van der Waals surface area contributed by atoms with Crippen LogP contribution in [0.5, 0.6) is 11.5 Å². The van der Waals surface area contributed by atoms with Crippen LogP contribution in [0.1, 0.15) is 29.8 Å². The summed E-state index contributed by atoms with van der Waals surface area (Å²) >= 11 is 0. The molecule has 0 spiro atoms. The van der Waals surface area contributed by atoms with Gasteiger partial charge in [-0.15, -0.1) is 0 Å². The topological polar surface area (TPSA) is 94.4 Å². The quantitative estimate of drug-likeness (QED) is 0.564. The van der Waals surface area contributed by atoms with Gasteiger partial charge in [-0.25, -0.2) is 9.59 Å². The maximum absolute atomic E-state index is 11.7.